The molecule has 0 saturated carbocycles. The van der Waals surface area contributed by atoms with E-state index < -0.39 is 5.92 Å². The van der Waals surface area contributed by atoms with E-state index in [2.05, 4.69) is 25.6 Å². The molecule has 4 rings (SSSR count). The number of aryl methyl sites for hydroxylation is 1. The van der Waals surface area contributed by atoms with Crippen LogP contribution >= 0.6 is 22.7 Å². The highest BCUT2D eigenvalue weighted by Crippen LogP contribution is 2.25. The van der Waals surface area contributed by atoms with Crippen molar-refractivity contribution in [2.75, 3.05) is 10.6 Å². The molecule has 11 heteroatoms. The molecule has 0 radical (unpaired) electrons. The molecular formula is C19H15N5O4S2. The van der Waals surface area contributed by atoms with Crippen molar-refractivity contribution in [2.45, 2.75) is 12.8 Å². The third-order valence-corrected chi connectivity index (χ3v) is 5.59. The van der Waals surface area contributed by atoms with Gasteiger partial charge in [-0.05, 0) is 18.6 Å². The van der Waals surface area contributed by atoms with Crippen molar-refractivity contribution < 1.29 is 18.8 Å². The van der Waals surface area contributed by atoms with Crippen molar-refractivity contribution in [1.82, 2.24) is 9.97 Å². The van der Waals surface area contributed by atoms with Gasteiger partial charge in [0, 0.05) is 29.5 Å². The summed E-state index contributed by atoms with van der Waals surface area (Å²) in [6, 6.07) is 3.58. The molecule has 1 aliphatic heterocycles. The molecular weight excluding hydrogens is 426 g/mol. The van der Waals surface area contributed by atoms with Gasteiger partial charge in [-0.3, -0.25) is 14.4 Å². The van der Waals surface area contributed by atoms with Gasteiger partial charge in [0.15, 0.2) is 16.0 Å². The van der Waals surface area contributed by atoms with Crippen LogP contribution in [0.5, 0.6) is 0 Å². The number of aromatic nitrogens is 2. The molecule has 0 saturated heterocycles. The lowest BCUT2D eigenvalue weighted by molar-refractivity contribution is -0.117. The van der Waals surface area contributed by atoms with Crippen LogP contribution < -0.4 is 10.6 Å². The van der Waals surface area contributed by atoms with Crippen molar-refractivity contribution in [1.29, 1.82) is 0 Å². The standard InChI is InChI=1S/C19H15N5O4S2/c25-15-5-3-11(8-20-15)17(27)24-18-21-12(9-29-18)4-6-16(26)23-19-22-13(10-30-19)14-2-1-7-28-14/h1-3,5,7-11H,4,6H2,(H,21,24,27)(H,22,23,26). The number of carbonyl (C=O) groups is 3. The van der Waals surface area contributed by atoms with E-state index in [1.54, 1.807) is 23.8 Å². The molecule has 0 aromatic carbocycles. The SMILES string of the molecule is O=C1C=CC(C(=O)Nc2nc(CCC(=O)Nc3nc(-c4ccco4)cs3)cs2)C=N1. The highest BCUT2D eigenvalue weighted by molar-refractivity contribution is 7.14. The monoisotopic (exact) mass is 441 g/mol. The lowest BCUT2D eigenvalue weighted by atomic mass is 10.1. The van der Waals surface area contributed by atoms with Crippen LogP contribution in [0.25, 0.3) is 11.5 Å². The van der Waals surface area contributed by atoms with E-state index in [-0.39, 0.29) is 24.1 Å². The maximum atomic E-state index is 12.2. The lowest BCUT2D eigenvalue weighted by Gasteiger charge is -2.08. The number of dihydropyridines is 1. The molecule has 0 fully saturated rings. The van der Waals surface area contributed by atoms with Gasteiger partial charge in [-0.1, -0.05) is 6.08 Å². The third-order valence-electron chi connectivity index (χ3n) is 4.03. The first-order valence-corrected chi connectivity index (χ1v) is 10.6. The van der Waals surface area contributed by atoms with E-state index in [0.29, 0.717) is 33.8 Å². The molecule has 0 bridgehead atoms. The fourth-order valence-electron chi connectivity index (χ4n) is 2.55. The van der Waals surface area contributed by atoms with Gasteiger partial charge in [-0.25, -0.2) is 15.0 Å². The topological polar surface area (TPSA) is 127 Å². The third kappa shape index (κ3) is 4.93. The normalized spacial score (nSPS) is 15.3. The Morgan fingerprint density at radius 1 is 1.13 bits per heavy atom. The van der Waals surface area contributed by atoms with E-state index in [1.807, 2.05) is 5.38 Å². The van der Waals surface area contributed by atoms with E-state index in [0.717, 1.165) is 0 Å². The maximum Gasteiger partial charge on any atom is 0.269 e. The average molecular weight is 441 g/mol. The summed E-state index contributed by atoms with van der Waals surface area (Å²) in [6.07, 6.45) is 6.26. The highest BCUT2D eigenvalue weighted by atomic mass is 32.1. The predicted molar refractivity (Wildman–Crippen MR) is 114 cm³/mol. The minimum Gasteiger partial charge on any atom is -0.463 e. The van der Waals surface area contributed by atoms with Crippen molar-refractivity contribution in [2.24, 2.45) is 10.9 Å². The second-order valence-corrected chi connectivity index (χ2v) is 7.91. The van der Waals surface area contributed by atoms with Gasteiger partial charge in [-0.15, -0.1) is 22.7 Å². The molecule has 2 N–H and O–H groups in total. The van der Waals surface area contributed by atoms with Gasteiger partial charge in [-0.2, -0.15) is 0 Å². The highest BCUT2D eigenvalue weighted by Gasteiger charge is 2.18. The predicted octanol–water partition coefficient (Wildman–Crippen LogP) is 3.15. The molecule has 4 heterocycles. The second kappa shape index (κ2) is 8.93. The summed E-state index contributed by atoms with van der Waals surface area (Å²) in [5.74, 6) is -0.848. The Balaban J connectivity index is 1.25. The Kier molecular flexibility index (Phi) is 5.91. The zero-order chi connectivity index (χ0) is 20.9. The minimum atomic E-state index is -0.606. The summed E-state index contributed by atoms with van der Waals surface area (Å²) in [6.45, 7) is 0. The van der Waals surface area contributed by atoms with Crippen LogP contribution in [0.4, 0.5) is 10.3 Å². The fourth-order valence-corrected chi connectivity index (χ4v) is 4.01. The van der Waals surface area contributed by atoms with Gasteiger partial charge in [0.05, 0.1) is 17.9 Å². The number of anilines is 2. The molecule has 0 aliphatic carbocycles. The second-order valence-electron chi connectivity index (χ2n) is 6.20. The molecule has 1 aliphatic rings. The number of rotatable bonds is 7. The number of nitrogens with one attached hydrogen (secondary N) is 2. The zero-order valence-corrected chi connectivity index (χ0v) is 17.0. The number of thiazole rings is 2. The van der Waals surface area contributed by atoms with Crippen LogP contribution in [0, 0.1) is 5.92 Å². The van der Waals surface area contributed by atoms with Crippen LogP contribution in [0.3, 0.4) is 0 Å². The zero-order valence-electron chi connectivity index (χ0n) is 15.4. The van der Waals surface area contributed by atoms with E-state index >= 15 is 0 Å². The molecule has 1 unspecified atom stereocenters. The van der Waals surface area contributed by atoms with Crippen molar-refractivity contribution >= 4 is 56.9 Å². The number of amides is 3. The van der Waals surface area contributed by atoms with Gasteiger partial charge in [0.2, 0.25) is 11.8 Å². The van der Waals surface area contributed by atoms with Gasteiger partial charge < -0.3 is 15.1 Å². The van der Waals surface area contributed by atoms with Gasteiger partial charge in [0.25, 0.3) is 5.91 Å². The van der Waals surface area contributed by atoms with E-state index in [1.165, 1.54) is 41.0 Å². The summed E-state index contributed by atoms with van der Waals surface area (Å²) < 4.78 is 5.28. The molecule has 3 aromatic rings. The summed E-state index contributed by atoms with van der Waals surface area (Å²) in [5, 5.41) is 9.98. The van der Waals surface area contributed by atoms with Crippen LogP contribution in [-0.4, -0.2) is 33.9 Å². The minimum absolute atomic E-state index is 0.179. The Morgan fingerprint density at radius 2 is 1.97 bits per heavy atom. The molecule has 9 nitrogen and oxygen atoms in total. The molecule has 30 heavy (non-hydrogen) atoms. The largest absolute Gasteiger partial charge is 0.463 e. The Hall–Kier alpha value is -3.44. The van der Waals surface area contributed by atoms with Gasteiger partial charge >= 0.3 is 0 Å². The number of aliphatic imine (C=N–C) groups is 1. The van der Waals surface area contributed by atoms with Crippen molar-refractivity contribution in [3.05, 3.63) is 47.0 Å². The maximum absolute atomic E-state index is 12.2. The number of nitrogens with zero attached hydrogens (tertiary/aromatic N) is 3. The van der Waals surface area contributed by atoms with E-state index in [9.17, 15) is 14.4 Å². The average Bonchev–Trinajstić information content (AvgIpc) is 3.49. The molecule has 3 amide bonds. The van der Waals surface area contributed by atoms with Crippen LogP contribution in [-0.2, 0) is 20.8 Å². The first-order valence-electron chi connectivity index (χ1n) is 8.88. The Bertz CT molecular complexity index is 1110. The van der Waals surface area contributed by atoms with Crippen LogP contribution in [0.1, 0.15) is 12.1 Å². The molecule has 0 spiro atoms. The summed E-state index contributed by atoms with van der Waals surface area (Å²) in [7, 11) is 0. The molecule has 1 atom stereocenters. The first kappa shape index (κ1) is 19.9. The lowest BCUT2D eigenvalue weighted by Crippen LogP contribution is -2.24. The fraction of sp³-hybridized carbons (Fsp3) is 0.158. The Morgan fingerprint density at radius 3 is 2.73 bits per heavy atom. The molecule has 3 aromatic heterocycles. The number of hydrogen-bond acceptors (Lipinski definition) is 8. The molecule has 152 valence electrons. The van der Waals surface area contributed by atoms with Crippen molar-refractivity contribution in [3.63, 3.8) is 0 Å². The summed E-state index contributed by atoms with van der Waals surface area (Å²) >= 11 is 2.59. The number of carbonyl (C=O) groups excluding carboxylic acids is 3. The van der Waals surface area contributed by atoms with Crippen LogP contribution in [0.2, 0.25) is 0 Å². The quantitative estimate of drug-likeness (QED) is 0.580. The summed E-state index contributed by atoms with van der Waals surface area (Å²) in [5.41, 5.74) is 1.37. The number of hydrogen-bond donors (Lipinski definition) is 2. The summed E-state index contributed by atoms with van der Waals surface area (Å²) in [4.78, 5) is 47.6. The Labute approximate surface area is 178 Å². The van der Waals surface area contributed by atoms with E-state index in [4.69, 9.17) is 4.42 Å². The van der Waals surface area contributed by atoms with Crippen molar-refractivity contribution in [3.8, 4) is 11.5 Å². The number of furan rings is 1. The first-order chi connectivity index (χ1) is 14.6. The van der Waals surface area contributed by atoms with Gasteiger partial charge in [0.1, 0.15) is 5.69 Å². The van der Waals surface area contributed by atoms with Crippen LogP contribution in [0.15, 0.2) is 50.7 Å². The smallest absolute Gasteiger partial charge is 0.269 e.